The molecule has 2 aromatic heterocycles. The third-order valence-corrected chi connectivity index (χ3v) is 5.38. The fourth-order valence-electron chi connectivity index (χ4n) is 3.15. The molecule has 0 fully saturated rings. The highest BCUT2D eigenvalue weighted by molar-refractivity contribution is 7.09. The molecule has 0 saturated heterocycles. The number of nitrogens with zero attached hydrogens (tertiary/aromatic N) is 4. The second-order valence-corrected chi connectivity index (χ2v) is 7.84. The van der Waals surface area contributed by atoms with Gasteiger partial charge in [0.15, 0.2) is 0 Å². The average Bonchev–Trinajstić information content (AvgIpc) is 3.40. The molecule has 1 atom stereocenters. The zero-order valence-electron chi connectivity index (χ0n) is 16.0. The van der Waals surface area contributed by atoms with Crippen LogP contribution in [-0.4, -0.2) is 25.7 Å². The Morgan fingerprint density at radius 3 is 2.59 bits per heavy atom. The molecule has 1 N–H and O–H groups in total. The number of carbonyl (C=O) groups is 1. The van der Waals surface area contributed by atoms with E-state index in [9.17, 15) is 4.79 Å². The summed E-state index contributed by atoms with van der Waals surface area (Å²) in [7, 11) is 0. The van der Waals surface area contributed by atoms with Crippen molar-refractivity contribution in [3.8, 4) is 11.3 Å². The molecule has 0 saturated carbocycles. The van der Waals surface area contributed by atoms with Gasteiger partial charge in [-0.05, 0) is 18.1 Å². The molecule has 0 aliphatic rings. The number of benzene rings is 2. The van der Waals surface area contributed by atoms with Gasteiger partial charge in [-0.25, -0.2) is 9.97 Å². The Hall–Kier alpha value is -3.32. The highest BCUT2D eigenvalue weighted by Crippen LogP contribution is 2.22. The Bertz CT molecular complexity index is 1060. The van der Waals surface area contributed by atoms with Crippen LogP contribution >= 0.6 is 11.3 Å². The molecule has 4 aromatic rings. The van der Waals surface area contributed by atoms with Crippen LogP contribution in [0.2, 0.25) is 0 Å². The van der Waals surface area contributed by atoms with E-state index in [2.05, 4.69) is 20.4 Å². The van der Waals surface area contributed by atoms with E-state index < -0.39 is 0 Å². The standard InChI is InChI=1S/C22H21N5OS/c1-16-25-21(13-29-16)19-9-7-17(8-10-19)11-22(28)26-20(12-27-15-23-14-24-27)18-5-3-2-4-6-18/h2-10,13-15,20H,11-12H2,1H3,(H,26,28). The van der Waals surface area contributed by atoms with Crippen molar-refractivity contribution in [2.75, 3.05) is 0 Å². The van der Waals surface area contributed by atoms with Crippen molar-refractivity contribution < 1.29 is 4.79 Å². The van der Waals surface area contributed by atoms with Crippen molar-refractivity contribution in [3.63, 3.8) is 0 Å². The topological polar surface area (TPSA) is 72.7 Å². The van der Waals surface area contributed by atoms with Gasteiger partial charge in [0.1, 0.15) is 12.7 Å². The highest BCUT2D eigenvalue weighted by Gasteiger charge is 2.16. The third-order valence-electron chi connectivity index (χ3n) is 4.61. The van der Waals surface area contributed by atoms with Gasteiger partial charge in [0, 0.05) is 10.9 Å². The molecule has 6 nitrogen and oxygen atoms in total. The predicted molar refractivity (Wildman–Crippen MR) is 113 cm³/mol. The summed E-state index contributed by atoms with van der Waals surface area (Å²) in [4.78, 5) is 21.2. The van der Waals surface area contributed by atoms with Gasteiger partial charge < -0.3 is 5.32 Å². The number of carbonyl (C=O) groups excluding carboxylic acids is 1. The number of hydrogen-bond acceptors (Lipinski definition) is 5. The SMILES string of the molecule is Cc1nc(-c2ccc(CC(=O)NC(Cn3cncn3)c3ccccc3)cc2)cs1. The molecular weight excluding hydrogens is 382 g/mol. The monoisotopic (exact) mass is 403 g/mol. The van der Waals surface area contributed by atoms with Crippen LogP contribution in [0.15, 0.2) is 72.6 Å². The van der Waals surface area contributed by atoms with Crippen LogP contribution in [0.25, 0.3) is 11.3 Å². The van der Waals surface area contributed by atoms with Gasteiger partial charge in [0.05, 0.1) is 29.7 Å². The van der Waals surface area contributed by atoms with E-state index in [1.807, 2.05) is 66.9 Å². The summed E-state index contributed by atoms with van der Waals surface area (Å²) < 4.78 is 1.72. The van der Waals surface area contributed by atoms with Crippen LogP contribution in [0, 0.1) is 6.92 Å². The Morgan fingerprint density at radius 1 is 1.14 bits per heavy atom. The Kier molecular flexibility index (Phi) is 5.76. The molecule has 2 heterocycles. The maximum absolute atomic E-state index is 12.7. The largest absolute Gasteiger partial charge is 0.347 e. The molecule has 0 radical (unpaired) electrons. The lowest BCUT2D eigenvalue weighted by Crippen LogP contribution is -2.32. The van der Waals surface area contributed by atoms with Gasteiger partial charge in [0.25, 0.3) is 0 Å². The maximum atomic E-state index is 12.7. The molecule has 7 heteroatoms. The fourth-order valence-corrected chi connectivity index (χ4v) is 3.78. The summed E-state index contributed by atoms with van der Waals surface area (Å²) in [6.45, 7) is 2.52. The second-order valence-electron chi connectivity index (χ2n) is 6.77. The molecule has 4 rings (SSSR count). The fraction of sp³-hybridized carbons (Fsp3) is 0.182. The second kappa shape index (κ2) is 8.79. The van der Waals surface area contributed by atoms with Crippen molar-refractivity contribution in [1.82, 2.24) is 25.1 Å². The van der Waals surface area contributed by atoms with Crippen molar-refractivity contribution >= 4 is 17.2 Å². The summed E-state index contributed by atoms with van der Waals surface area (Å²) in [6, 6.07) is 17.7. The lowest BCUT2D eigenvalue weighted by atomic mass is 10.0. The molecule has 1 unspecified atom stereocenters. The summed E-state index contributed by atoms with van der Waals surface area (Å²) in [5.41, 5.74) is 4.03. The van der Waals surface area contributed by atoms with Gasteiger partial charge in [-0.1, -0.05) is 54.6 Å². The summed E-state index contributed by atoms with van der Waals surface area (Å²) in [5, 5.41) is 10.4. The molecule has 2 aromatic carbocycles. The molecular formula is C22H21N5OS. The van der Waals surface area contributed by atoms with Crippen molar-refractivity contribution in [2.24, 2.45) is 0 Å². The van der Waals surface area contributed by atoms with Crippen LogP contribution in [0.4, 0.5) is 0 Å². The first-order valence-electron chi connectivity index (χ1n) is 9.35. The maximum Gasteiger partial charge on any atom is 0.224 e. The average molecular weight is 404 g/mol. The lowest BCUT2D eigenvalue weighted by molar-refractivity contribution is -0.121. The summed E-state index contributed by atoms with van der Waals surface area (Å²) >= 11 is 1.63. The van der Waals surface area contributed by atoms with E-state index in [4.69, 9.17) is 0 Å². The number of aromatic nitrogens is 4. The van der Waals surface area contributed by atoms with E-state index in [1.165, 1.54) is 6.33 Å². The first-order chi connectivity index (χ1) is 14.2. The van der Waals surface area contributed by atoms with Crippen LogP contribution in [0.1, 0.15) is 22.2 Å². The lowest BCUT2D eigenvalue weighted by Gasteiger charge is -2.19. The predicted octanol–water partition coefficient (Wildman–Crippen LogP) is 3.81. The third kappa shape index (κ3) is 4.94. The zero-order valence-corrected chi connectivity index (χ0v) is 16.8. The van der Waals surface area contributed by atoms with Crippen LogP contribution in [-0.2, 0) is 17.8 Å². The summed E-state index contributed by atoms with van der Waals surface area (Å²) in [5.74, 6) is -0.0313. The molecule has 0 aliphatic heterocycles. The van der Waals surface area contributed by atoms with Crippen molar-refractivity contribution in [3.05, 3.63) is 88.8 Å². The van der Waals surface area contributed by atoms with Gasteiger partial charge in [-0.2, -0.15) is 5.10 Å². The number of hydrogen-bond donors (Lipinski definition) is 1. The van der Waals surface area contributed by atoms with Crippen molar-refractivity contribution in [1.29, 1.82) is 0 Å². The Morgan fingerprint density at radius 2 is 1.93 bits per heavy atom. The van der Waals surface area contributed by atoms with Crippen LogP contribution in [0.5, 0.6) is 0 Å². The Labute approximate surface area is 173 Å². The zero-order chi connectivity index (χ0) is 20.1. The van der Waals surface area contributed by atoms with E-state index in [-0.39, 0.29) is 11.9 Å². The normalized spacial score (nSPS) is 11.9. The quantitative estimate of drug-likeness (QED) is 0.509. The minimum absolute atomic E-state index is 0.0313. The minimum atomic E-state index is -0.178. The van der Waals surface area contributed by atoms with Gasteiger partial charge in [-0.3, -0.25) is 9.48 Å². The van der Waals surface area contributed by atoms with E-state index in [0.717, 1.165) is 27.4 Å². The van der Waals surface area contributed by atoms with E-state index in [1.54, 1.807) is 22.3 Å². The molecule has 29 heavy (non-hydrogen) atoms. The highest BCUT2D eigenvalue weighted by atomic mass is 32.1. The molecule has 0 spiro atoms. The number of amides is 1. The Balaban J connectivity index is 1.43. The van der Waals surface area contributed by atoms with Gasteiger partial charge in [-0.15, -0.1) is 11.3 Å². The first-order valence-corrected chi connectivity index (χ1v) is 10.2. The minimum Gasteiger partial charge on any atom is -0.347 e. The number of rotatable bonds is 7. The van der Waals surface area contributed by atoms with Gasteiger partial charge >= 0.3 is 0 Å². The van der Waals surface area contributed by atoms with Crippen molar-refractivity contribution in [2.45, 2.75) is 25.9 Å². The van der Waals surface area contributed by atoms with Crippen LogP contribution in [0.3, 0.4) is 0 Å². The summed E-state index contributed by atoms with van der Waals surface area (Å²) in [6.07, 6.45) is 3.47. The molecule has 1 amide bonds. The number of aryl methyl sites for hydroxylation is 1. The first kappa shape index (κ1) is 19.0. The smallest absolute Gasteiger partial charge is 0.224 e. The number of thiazole rings is 1. The van der Waals surface area contributed by atoms with E-state index in [0.29, 0.717) is 13.0 Å². The van der Waals surface area contributed by atoms with Gasteiger partial charge in [0.2, 0.25) is 5.91 Å². The molecule has 146 valence electrons. The molecule has 0 aliphatic carbocycles. The number of nitrogens with one attached hydrogen (secondary N) is 1. The van der Waals surface area contributed by atoms with Crippen LogP contribution < -0.4 is 5.32 Å². The van der Waals surface area contributed by atoms with E-state index >= 15 is 0 Å². The molecule has 0 bridgehead atoms.